The van der Waals surface area contributed by atoms with E-state index in [0.717, 1.165) is 78.9 Å². The first-order valence-electron chi connectivity index (χ1n) is 25.1. The molecule has 13 aromatic rings. The summed E-state index contributed by atoms with van der Waals surface area (Å²) < 4.78 is 8.78. The van der Waals surface area contributed by atoms with Crippen molar-refractivity contribution in [1.82, 2.24) is 4.57 Å². The van der Waals surface area contributed by atoms with Crippen LogP contribution in [0, 0.1) is 0 Å². The fourth-order valence-corrected chi connectivity index (χ4v) is 11.7. The van der Waals surface area contributed by atoms with Gasteiger partial charge >= 0.3 is 0 Å². The first-order valence-corrected chi connectivity index (χ1v) is 25.1. The third-order valence-corrected chi connectivity index (χ3v) is 15.0. The Balaban J connectivity index is 0.967. The zero-order valence-corrected chi connectivity index (χ0v) is 39.8. The second-order valence-corrected chi connectivity index (χ2v) is 19.2. The molecule has 11 aromatic carbocycles. The SMILES string of the molecule is CC1CC=Cc2c(-c3ccc(-c4ccccc4)c(N(c4ccc(-c5ccccc5-n5c6ccccc6c6ccccc65)cc4)c4ccc(-c5cccc6oc7ccccc7c56)cc4)c3)cc3ccccc3c21. The quantitative estimate of drug-likeness (QED) is 0.151. The van der Waals surface area contributed by atoms with E-state index in [0.29, 0.717) is 5.92 Å². The first-order chi connectivity index (χ1) is 35.6. The highest BCUT2D eigenvalue weighted by atomic mass is 16.3. The van der Waals surface area contributed by atoms with Gasteiger partial charge in [0.05, 0.1) is 22.4 Å². The van der Waals surface area contributed by atoms with Crippen molar-refractivity contribution < 1.29 is 4.42 Å². The van der Waals surface area contributed by atoms with Gasteiger partial charge in [0, 0.05) is 44.0 Å². The van der Waals surface area contributed by atoms with Crippen LogP contribution in [-0.4, -0.2) is 4.57 Å². The minimum Gasteiger partial charge on any atom is -0.456 e. The number of hydrogen-bond acceptors (Lipinski definition) is 2. The van der Waals surface area contributed by atoms with Crippen LogP contribution in [0.15, 0.2) is 253 Å². The van der Waals surface area contributed by atoms with Crippen molar-refractivity contribution in [2.75, 3.05) is 4.90 Å². The molecule has 1 aliphatic carbocycles. The van der Waals surface area contributed by atoms with Crippen LogP contribution in [0.1, 0.15) is 30.4 Å². The van der Waals surface area contributed by atoms with E-state index < -0.39 is 0 Å². The zero-order valence-electron chi connectivity index (χ0n) is 39.8. The number of aromatic nitrogens is 1. The van der Waals surface area contributed by atoms with E-state index in [2.05, 4.69) is 265 Å². The standard InChI is InChI=1S/C69H48N2O/c1-45-17-15-27-59-61(43-49-20-5-6-22-56(49)68(45)59)50-37-42-54(46-18-3-2-4-19-46)65(44-50)70(52-40-35-48(36-41-52)55-26-16-32-67-69(55)60-25-10-14-31-66(60)72-67)51-38-33-47(34-39-51)53-21-7-11-28-62(53)71-63-29-12-8-23-57(63)58-24-9-13-30-64(58)71/h2-16,18-45H,17H2,1H3. The lowest BCUT2D eigenvalue weighted by Gasteiger charge is -2.30. The van der Waals surface area contributed by atoms with E-state index in [4.69, 9.17) is 4.42 Å². The van der Waals surface area contributed by atoms with Gasteiger partial charge in [0.15, 0.2) is 0 Å². The second-order valence-electron chi connectivity index (χ2n) is 19.2. The molecule has 14 rings (SSSR count). The molecule has 0 amide bonds. The van der Waals surface area contributed by atoms with Gasteiger partial charge in [-0.25, -0.2) is 0 Å². The van der Waals surface area contributed by atoms with Gasteiger partial charge in [0.25, 0.3) is 0 Å². The second kappa shape index (κ2) is 17.0. The summed E-state index contributed by atoms with van der Waals surface area (Å²) >= 11 is 0. The van der Waals surface area contributed by atoms with Crippen molar-refractivity contribution in [3.8, 4) is 50.2 Å². The Morgan fingerprint density at radius 3 is 1.75 bits per heavy atom. The molecule has 0 saturated heterocycles. The summed E-state index contributed by atoms with van der Waals surface area (Å²) in [5, 5.41) is 7.37. The predicted molar refractivity (Wildman–Crippen MR) is 304 cm³/mol. The van der Waals surface area contributed by atoms with Crippen LogP contribution in [-0.2, 0) is 0 Å². The smallest absolute Gasteiger partial charge is 0.136 e. The Morgan fingerprint density at radius 1 is 0.431 bits per heavy atom. The average molecular weight is 921 g/mol. The van der Waals surface area contributed by atoms with Crippen molar-refractivity contribution in [3.63, 3.8) is 0 Å². The summed E-state index contributed by atoms with van der Waals surface area (Å²) in [6.45, 7) is 2.37. The number of fused-ring (bicyclic) bond motifs is 9. The maximum Gasteiger partial charge on any atom is 0.136 e. The lowest BCUT2D eigenvalue weighted by atomic mass is 9.80. The fraction of sp³-hybridized carbons (Fsp3) is 0.0435. The summed E-state index contributed by atoms with van der Waals surface area (Å²) in [5.74, 6) is 0.414. The summed E-state index contributed by atoms with van der Waals surface area (Å²) in [7, 11) is 0. The van der Waals surface area contributed by atoms with Gasteiger partial charge in [0.2, 0.25) is 0 Å². The van der Waals surface area contributed by atoms with Gasteiger partial charge in [-0.15, -0.1) is 0 Å². The highest BCUT2D eigenvalue weighted by Gasteiger charge is 2.24. The largest absolute Gasteiger partial charge is 0.456 e. The molecule has 0 N–H and O–H groups in total. The Labute approximate surface area is 418 Å². The molecule has 3 nitrogen and oxygen atoms in total. The van der Waals surface area contributed by atoms with Gasteiger partial charge in [0.1, 0.15) is 11.2 Å². The van der Waals surface area contributed by atoms with E-state index in [1.54, 1.807) is 0 Å². The number of nitrogens with zero attached hydrogens (tertiary/aromatic N) is 2. The van der Waals surface area contributed by atoms with E-state index in [1.165, 1.54) is 60.4 Å². The van der Waals surface area contributed by atoms with E-state index in [1.807, 2.05) is 6.07 Å². The normalized spacial score (nSPS) is 13.4. The lowest BCUT2D eigenvalue weighted by Crippen LogP contribution is -2.12. The topological polar surface area (TPSA) is 21.3 Å². The molecule has 3 heteroatoms. The van der Waals surface area contributed by atoms with Gasteiger partial charge in [-0.2, -0.15) is 0 Å². The van der Waals surface area contributed by atoms with Gasteiger partial charge in [-0.1, -0.05) is 195 Å². The summed E-state index contributed by atoms with van der Waals surface area (Å²) in [6.07, 6.45) is 5.75. The van der Waals surface area contributed by atoms with Crippen molar-refractivity contribution in [2.24, 2.45) is 0 Å². The maximum atomic E-state index is 6.35. The third kappa shape index (κ3) is 6.81. The molecule has 0 aliphatic heterocycles. The van der Waals surface area contributed by atoms with Crippen LogP contribution < -0.4 is 4.90 Å². The molecule has 1 atom stereocenters. The van der Waals surface area contributed by atoms with Crippen LogP contribution in [0.3, 0.4) is 0 Å². The van der Waals surface area contributed by atoms with Crippen LogP contribution in [0.4, 0.5) is 17.1 Å². The van der Waals surface area contributed by atoms with Crippen molar-refractivity contribution >= 4 is 77.7 Å². The molecule has 2 aromatic heterocycles. The number of rotatable bonds is 8. The Hall–Kier alpha value is -9.18. The molecule has 72 heavy (non-hydrogen) atoms. The molecule has 340 valence electrons. The third-order valence-electron chi connectivity index (χ3n) is 15.0. The molecule has 0 bridgehead atoms. The summed E-state index contributed by atoms with van der Waals surface area (Å²) in [4.78, 5) is 2.46. The Kier molecular flexibility index (Phi) is 9.89. The molecule has 2 heterocycles. The number of hydrogen-bond donors (Lipinski definition) is 0. The highest BCUT2D eigenvalue weighted by molar-refractivity contribution is 6.13. The molecular formula is C69H48N2O. The molecular weight excluding hydrogens is 873 g/mol. The Morgan fingerprint density at radius 2 is 1.00 bits per heavy atom. The van der Waals surface area contributed by atoms with Crippen molar-refractivity contribution in [3.05, 3.63) is 260 Å². The number of anilines is 3. The first kappa shape index (κ1) is 41.8. The van der Waals surface area contributed by atoms with E-state index in [-0.39, 0.29) is 0 Å². The van der Waals surface area contributed by atoms with Gasteiger partial charge in [-0.3, -0.25) is 0 Å². The molecule has 0 fully saturated rings. The highest BCUT2D eigenvalue weighted by Crippen LogP contribution is 2.48. The summed E-state index contributed by atoms with van der Waals surface area (Å²) in [6, 6.07) is 88.6. The van der Waals surface area contributed by atoms with E-state index >= 15 is 0 Å². The Bertz CT molecular complexity index is 4200. The molecule has 1 aliphatic rings. The molecule has 0 saturated carbocycles. The summed E-state index contributed by atoms with van der Waals surface area (Å²) in [5.41, 5.74) is 20.6. The number of para-hydroxylation sites is 4. The minimum atomic E-state index is 0.414. The minimum absolute atomic E-state index is 0.414. The monoisotopic (exact) mass is 920 g/mol. The van der Waals surface area contributed by atoms with Crippen LogP contribution in [0.5, 0.6) is 0 Å². The molecule has 0 spiro atoms. The fourth-order valence-electron chi connectivity index (χ4n) is 11.7. The van der Waals surface area contributed by atoms with Crippen molar-refractivity contribution in [1.29, 1.82) is 0 Å². The lowest BCUT2D eigenvalue weighted by molar-refractivity contribution is 0.669. The number of allylic oxidation sites excluding steroid dienone is 1. The van der Waals surface area contributed by atoms with Crippen molar-refractivity contribution in [2.45, 2.75) is 19.3 Å². The zero-order chi connectivity index (χ0) is 47.7. The molecule has 1 unspecified atom stereocenters. The predicted octanol–water partition coefficient (Wildman–Crippen LogP) is 19.5. The van der Waals surface area contributed by atoms with Crippen LogP contribution in [0.25, 0.3) is 111 Å². The molecule has 0 radical (unpaired) electrons. The number of furan rings is 1. The van der Waals surface area contributed by atoms with Gasteiger partial charge < -0.3 is 13.9 Å². The average Bonchev–Trinajstić information content (AvgIpc) is 4.00. The maximum absolute atomic E-state index is 6.35. The van der Waals surface area contributed by atoms with Crippen LogP contribution >= 0.6 is 0 Å². The van der Waals surface area contributed by atoms with Crippen LogP contribution in [0.2, 0.25) is 0 Å². The van der Waals surface area contributed by atoms with E-state index in [9.17, 15) is 0 Å². The number of benzene rings is 11. The van der Waals surface area contributed by atoms with Gasteiger partial charge in [-0.05, 0) is 134 Å².